The Hall–Kier alpha value is -1.02. The van der Waals surface area contributed by atoms with Crippen molar-refractivity contribution in [3.63, 3.8) is 0 Å². The molecule has 1 aliphatic rings. The zero-order valence-electron chi connectivity index (χ0n) is 11.5. The summed E-state index contributed by atoms with van der Waals surface area (Å²) < 4.78 is 5.37. The van der Waals surface area contributed by atoms with Crippen LogP contribution in [0.25, 0.3) is 0 Å². The van der Waals surface area contributed by atoms with Crippen molar-refractivity contribution in [2.75, 3.05) is 18.5 Å². The molecule has 0 aromatic heterocycles. The van der Waals surface area contributed by atoms with Gasteiger partial charge in [0.05, 0.1) is 0 Å². The third-order valence-corrected chi connectivity index (χ3v) is 3.62. The van der Waals surface area contributed by atoms with Gasteiger partial charge in [-0.1, -0.05) is 31.9 Å². The second-order valence-corrected chi connectivity index (χ2v) is 5.19. The number of unbranched alkanes of at least 4 members (excludes halogenated alkanes) is 2. The average molecular weight is 247 g/mol. The Bertz CT molecular complexity index is 327. The van der Waals surface area contributed by atoms with Crippen molar-refractivity contribution in [1.82, 2.24) is 0 Å². The molecule has 0 spiro atoms. The zero-order chi connectivity index (χ0) is 12.6. The van der Waals surface area contributed by atoms with E-state index in [1.165, 1.54) is 36.9 Å². The van der Waals surface area contributed by atoms with Crippen LogP contribution in [0.2, 0.25) is 0 Å². The minimum absolute atomic E-state index is 0.588. The first-order valence-electron chi connectivity index (χ1n) is 7.31. The van der Waals surface area contributed by atoms with Crippen molar-refractivity contribution in [2.45, 2.75) is 51.5 Å². The fourth-order valence-corrected chi connectivity index (χ4v) is 2.42. The molecule has 100 valence electrons. The van der Waals surface area contributed by atoms with Gasteiger partial charge in [-0.2, -0.15) is 0 Å². The SMILES string of the molecule is CCCCCc1ccc(NC2CCOCC2)cc1. The van der Waals surface area contributed by atoms with Crippen molar-refractivity contribution >= 4 is 5.69 Å². The Morgan fingerprint density at radius 2 is 1.83 bits per heavy atom. The van der Waals surface area contributed by atoms with Gasteiger partial charge in [-0.05, 0) is 43.4 Å². The number of hydrogen-bond donors (Lipinski definition) is 1. The van der Waals surface area contributed by atoms with Crippen molar-refractivity contribution < 1.29 is 4.74 Å². The third kappa shape index (κ3) is 4.34. The molecular formula is C16H25NO. The number of ether oxygens (including phenoxy) is 1. The van der Waals surface area contributed by atoms with E-state index in [9.17, 15) is 0 Å². The topological polar surface area (TPSA) is 21.3 Å². The fourth-order valence-electron chi connectivity index (χ4n) is 2.42. The summed E-state index contributed by atoms with van der Waals surface area (Å²) in [6.45, 7) is 4.04. The molecular weight excluding hydrogens is 222 g/mol. The Kier molecular flexibility index (Phi) is 5.53. The van der Waals surface area contributed by atoms with Crippen LogP contribution in [-0.2, 0) is 11.2 Å². The monoisotopic (exact) mass is 247 g/mol. The highest BCUT2D eigenvalue weighted by atomic mass is 16.5. The lowest BCUT2D eigenvalue weighted by atomic mass is 10.1. The van der Waals surface area contributed by atoms with Crippen LogP contribution in [-0.4, -0.2) is 19.3 Å². The van der Waals surface area contributed by atoms with Gasteiger partial charge in [-0.15, -0.1) is 0 Å². The van der Waals surface area contributed by atoms with Crippen molar-refractivity contribution in [1.29, 1.82) is 0 Å². The lowest BCUT2D eigenvalue weighted by molar-refractivity contribution is 0.0904. The molecule has 0 amide bonds. The van der Waals surface area contributed by atoms with E-state index in [0.29, 0.717) is 6.04 Å². The van der Waals surface area contributed by atoms with Crippen LogP contribution < -0.4 is 5.32 Å². The maximum Gasteiger partial charge on any atom is 0.0485 e. The summed E-state index contributed by atoms with van der Waals surface area (Å²) in [5, 5.41) is 3.60. The highest BCUT2D eigenvalue weighted by Crippen LogP contribution is 2.16. The van der Waals surface area contributed by atoms with Crippen LogP contribution in [0.3, 0.4) is 0 Å². The number of anilines is 1. The molecule has 1 N–H and O–H groups in total. The molecule has 0 bridgehead atoms. The highest BCUT2D eigenvalue weighted by molar-refractivity contribution is 5.45. The van der Waals surface area contributed by atoms with Gasteiger partial charge in [0.25, 0.3) is 0 Å². The standard InChI is InChI=1S/C16H25NO/c1-2-3-4-5-14-6-8-15(9-7-14)17-16-10-12-18-13-11-16/h6-9,16-17H,2-5,10-13H2,1H3. The first-order chi connectivity index (χ1) is 8.88. The first-order valence-corrected chi connectivity index (χ1v) is 7.31. The predicted molar refractivity (Wildman–Crippen MR) is 77.1 cm³/mol. The third-order valence-electron chi connectivity index (χ3n) is 3.62. The number of hydrogen-bond acceptors (Lipinski definition) is 2. The summed E-state index contributed by atoms with van der Waals surface area (Å²) in [6, 6.07) is 9.55. The minimum atomic E-state index is 0.588. The Morgan fingerprint density at radius 3 is 2.50 bits per heavy atom. The van der Waals surface area contributed by atoms with Gasteiger partial charge in [-0.25, -0.2) is 0 Å². The highest BCUT2D eigenvalue weighted by Gasteiger charge is 2.12. The van der Waals surface area contributed by atoms with Gasteiger partial charge in [0.1, 0.15) is 0 Å². The smallest absolute Gasteiger partial charge is 0.0485 e. The normalized spacial score (nSPS) is 16.7. The lowest BCUT2D eigenvalue weighted by Crippen LogP contribution is -2.27. The average Bonchev–Trinajstić information content (AvgIpc) is 2.42. The minimum Gasteiger partial charge on any atom is -0.382 e. The summed E-state index contributed by atoms with van der Waals surface area (Å²) in [7, 11) is 0. The molecule has 1 saturated heterocycles. The van der Waals surface area contributed by atoms with Crippen molar-refractivity contribution in [3.05, 3.63) is 29.8 Å². The first kappa shape index (κ1) is 13.4. The number of nitrogens with one attached hydrogen (secondary N) is 1. The summed E-state index contributed by atoms with van der Waals surface area (Å²) >= 11 is 0. The number of rotatable bonds is 6. The predicted octanol–water partition coefficient (Wildman–Crippen LogP) is 4.01. The largest absolute Gasteiger partial charge is 0.382 e. The van der Waals surface area contributed by atoms with E-state index in [2.05, 4.69) is 36.5 Å². The fraction of sp³-hybridized carbons (Fsp3) is 0.625. The molecule has 1 aromatic rings. The second kappa shape index (κ2) is 7.42. The Labute approximate surface area is 111 Å². The van der Waals surface area contributed by atoms with E-state index in [1.54, 1.807) is 0 Å². The van der Waals surface area contributed by atoms with E-state index in [1.807, 2.05) is 0 Å². The quantitative estimate of drug-likeness (QED) is 0.767. The van der Waals surface area contributed by atoms with Gasteiger partial charge in [0, 0.05) is 24.9 Å². The molecule has 0 saturated carbocycles. The number of aryl methyl sites for hydroxylation is 1. The molecule has 2 heteroatoms. The second-order valence-electron chi connectivity index (χ2n) is 5.19. The molecule has 0 radical (unpaired) electrons. The summed E-state index contributed by atoms with van der Waals surface area (Å²) in [5.41, 5.74) is 2.71. The van der Waals surface area contributed by atoms with Gasteiger partial charge < -0.3 is 10.1 Å². The molecule has 0 unspecified atom stereocenters. The van der Waals surface area contributed by atoms with Crippen LogP contribution in [0.1, 0.15) is 44.6 Å². The van der Waals surface area contributed by atoms with Crippen LogP contribution in [0.4, 0.5) is 5.69 Å². The molecule has 1 heterocycles. The van der Waals surface area contributed by atoms with Crippen molar-refractivity contribution in [3.8, 4) is 0 Å². The molecule has 18 heavy (non-hydrogen) atoms. The zero-order valence-corrected chi connectivity index (χ0v) is 11.5. The molecule has 2 nitrogen and oxygen atoms in total. The van der Waals surface area contributed by atoms with Gasteiger partial charge in [0.15, 0.2) is 0 Å². The van der Waals surface area contributed by atoms with Crippen LogP contribution in [0, 0.1) is 0 Å². The molecule has 1 aliphatic heterocycles. The molecule has 0 aliphatic carbocycles. The van der Waals surface area contributed by atoms with Crippen LogP contribution in [0.15, 0.2) is 24.3 Å². The molecule has 0 atom stereocenters. The van der Waals surface area contributed by atoms with E-state index >= 15 is 0 Å². The van der Waals surface area contributed by atoms with E-state index < -0.39 is 0 Å². The summed E-state index contributed by atoms with van der Waals surface area (Å²) in [6.07, 6.45) is 7.40. The summed E-state index contributed by atoms with van der Waals surface area (Å²) in [4.78, 5) is 0. The molecule has 1 fully saturated rings. The Balaban J connectivity index is 1.79. The van der Waals surface area contributed by atoms with E-state index in [-0.39, 0.29) is 0 Å². The van der Waals surface area contributed by atoms with Gasteiger partial charge in [0.2, 0.25) is 0 Å². The van der Waals surface area contributed by atoms with E-state index in [4.69, 9.17) is 4.74 Å². The maximum atomic E-state index is 5.37. The maximum absolute atomic E-state index is 5.37. The summed E-state index contributed by atoms with van der Waals surface area (Å²) in [5.74, 6) is 0. The van der Waals surface area contributed by atoms with E-state index in [0.717, 1.165) is 26.1 Å². The van der Waals surface area contributed by atoms with Crippen molar-refractivity contribution in [2.24, 2.45) is 0 Å². The van der Waals surface area contributed by atoms with Gasteiger partial charge >= 0.3 is 0 Å². The Morgan fingerprint density at radius 1 is 1.11 bits per heavy atom. The molecule has 1 aromatic carbocycles. The van der Waals surface area contributed by atoms with Gasteiger partial charge in [-0.3, -0.25) is 0 Å². The number of benzene rings is 1. The molecule has 2 rings (SSSR count). The van der Waals surface area contributed by atoms with Crippen LogP contribution >= 0.6 is 0 Å². The lowest BCUT2D eigenvalue weighted by Gasteiger charge is -2.24. The van der Waals surface area contributed by atoms with Crippen LogP contribution in [0.5, 0.6) is 0 Å².